The van der Waals surface area contributed by atoms with E-state index in [1.54, 1.807) is 0 Å². The van der Waals surface area contributed by atoms with E-state index in [-0.39, 0.29) is 24.3 Å². The van der Waals surface area contributed by atoms with E-state index in [4.69, 9.17) is 5.11 Å². The molecule has 1 unspecified atom stereocenters. The fraction of sp³-hybridized carbons (Fsp3) is 0.417. The van der Waals surface area contributed by atoms with Gasteiger partial charge in [-0.1, -0.05) is 6.07 Å². The summed E-state index contributed by atoms with van der Waals surface area (Å²) in [5, 5.41) is 20.7. The van der Waals surface area contributed by atoms with Gasteiger partial charge in [0.05, 0.1) is 11.7 Å². The Morgan fingerprint density at radius 2 is 2.05 bits per heavy atom. The highest BCUT2D eigenvalue weighted by Crippen LogP contribution is 2.34. The predicted octanol–water partition coefficient (Wildman–Crippen LogP) is 2.08. The molecule has 0 aliphatic carbocycles. The van der Waals surface area contributed by atoms with Crippen LogP contribution in [-0.2, 0) is 11.0 Å². The van der Waals surface area contributed by atoms with Crippen LogP contribution in [0.25, 0.3) is 0 Å². The Kier molecular flexibility index (Phi) is 4.90. The first kappa shape index (κ1) is 15.5. The summed E-state index contributed by atoms with van der Waals surface area (Å²) in [6, 6.07) is 2.67. The summed E-state index contributed by atoms with van der Waals surface area (Å²) in [7, 11) is 0. The second-order valence-electron chi connectivity index (χ2n) is 4.01. The van der Waals surface area contributed by atoms with Crippen LogP contribution in [0.2, 0.25) is 0 Å². The third-order valence-corrected chi connectivity index (χ3v) is 2.45. The first-order valence-corrected chi connectivity index (χ1v) is 5.53. The third-order valence-electron chi connectivity index (χ3n) is 2.45. The van der Waals surface area contributed by atoms with Gasteiger partial charge in [-0.05, 0) is 12.1 Å². The highest BCUT2D eigenvalue weighted by atomic mass is 19.4. The number of amides is 1. The second kappa shape index (κ2) is 6.03. The Bertz CT molecular complexity index is 460. The number of alkyl halides is 3. The molecule has 0 fully saturated rings. The number of halogens is 3. The lowest BCUT2D eigenvalue weighted by Gasteiger charge is -2.17. The molecular formula is C12H14F3NO3. The molecule has 0 aromatic heterocycles. The molecule has 0 bridgehead atoms. The summed E-state index contributed by atoms with van der Waals surface area (Å²) in [4.78, 5) is 11.0. The van der Waals surface area contributed by atoms with Crippen LogP contribution in [0.5, 0.6) is 0 Å². The quantitative estimate of drug-likeness (QED) is 0.789. The molecule has 0 spiro atoms. The number of benzene rings is 1. The maximum atomic E-state index is 12.6. The average molecular weight is 277 g/mol. The molecule has 0 saturated heterocycles. The topological polar surface area (TPSA) is 69.6 Å². The summed E-state index contributed by atoms with van der Waals surface area (Å²) >= 11 is 0. The van der Waals surface area contributed by atoms with Gasteiger partial charge in [-0.15, -0.1) is 0 Å². The van der Waals surface area contributed by atoms with E-state index in [0.29, 0.717) is 0 Å². The largest absolute Gasteiger partial charge is 0.416 e. The van der Waals surface area contributed by atoms with Crippen LogP contribution in [0.15, 0.2) is 18.2 Å². The zero-order chi connectivity index (χ0) is 14.6. The smallest absolute Gasteiger partial charge is 0.396 e. The molecule has 0 saturated carbocycles. The first-order chi connectivity index (χ1) is 8.75. The maximum Gasteiger partial charge on any atom is 0.416 e. The number of anilines is 1. The van der Waals surface area contributed by atoms with Crippen molar-refractivity contribution in [1.29, 1.82) is 0 Å². The van der Waals surface area contributed by atoms with Crippen molar-refractivity contribution in [2.24, 2.45) is 0 Å². The van der Waals surface area contributed by atoms with E-state index in [0.717, 1.165) is 25.1 Å². The van der Waals surface area contributed by atoms with Crippen LogP contribution in [0.4, 0.5) is 18.9 Å². The van der Waals surface area contributed by atoms with Crippen LogP contribution >= 0.6 is 0 Å². The van der Waals surface area contributed by atoms with E-state index < -0.39 is 23.8 Å². The molecule has 1 amide bonds. The molecule has 4 nitrogen and oxygen atoms in total. The summed E-state index contributed by atoms with van der Waals surface area (Å²) in [6.07, 6.45) is -5.71. The number of hydrogen-bond acceptors (Lipinski definition) is 3. The fourth-order valence-electron chi connectivity index (χ4n) is 1.60. The molecule has 19 heavy (non-hydrogen) atoms. The van der Waals surface area contributed by atoms with E-state index in [1.165, 1.54) is 0 Å². The molecule has 3 N–H and O–H groups in total. The van der Waals surface area contributed by atoms with Gasteiger partial charge < -0.3 is 15.5 Å². The molecule has 106 valence electrons. The normalized spacial score (nSPS) is 13.2. The van der Waals surface area contributed by atoms with Crippen molar-refractivity contribution in [3.8, 4) is 0 Å². The summed E-state index contributed by atoms with van der Waals surface area (Å²) in [5.41, 5.74) is -0.892. The fourth-order valence-corrected chi connectivity index (χ4v) is 1.60. The molecule has 0 aliphatic rings. The highest BCUT2D eigenvalue weighted by molar-refractivity contribution is 5.89. The van der Waals surface area contributed by atoms with Gasteiger partial charge in [0, 0.05) is 31.2 Å². The van der Waals surface area contributed by atoms with Crippen LogP contribution in [0.1, 0.15) is 30.6 Å². The molecular weight excluding hydrogens is 263 g/mol. The van der Waals surface area contributed by atoms with E-state index in [2.05, 4.69) is 5.32 Å². The Morgan fingerprint density at radius 3 is 2.53 bits per heavy atom. The van der Waals surface area contributed by atoms with Gasteiger partial charge in [0.15, 0.2) is 0 Å². The summed E-state index contributed by atoms with van der Waals surface area (Å²) in [6.45, 7) is 0.837. The lowest BCUT2D eigenvalue weighted by molar-refractivity contribution is -0.137. The van der Waals surface area contributed by atoms with Gasteiger partial charge >= 0.3 is 6.18 Å². The SMILES string of the molecule is CC(=O)Nc1cc(C(F)(F)F)ccc1C(O)CCO. The van der Waals surface area contributed by atoms with Crippen molar-refractivity contribution in [1.82, 2.24) is 0 Å². The van der Waals surface area contributed by atoms with Crippen LogP contribution in [0, 0.1) is 0 Å². The number of aliphatic hydroxyl groups is 2. The van der Waals surface area contributed by atoms with Gasteiger partial charge in [-0.2, -0.15) is 13.2 Å². The second-order valence-corrected chi connectivity index (χ2v) is 4.01. The molecule has 0 radical (unpaired) electrons. The van der Waals surface area contributed by atoms with E-state index in [1.807, 2.05) is 0 Å². The molecule has 7 heteroatoms. The van der Waals surface area contributed by atoms with Gasteiger partial charge in [-0.3, -0.25) is 4.79 Å². The minimum Gasteiger partial charge on any atom is -0.396 e. The molecule has 1 atom stereocenters. The molecule has 1 aromatic carbocycles. The number of rotatable bonds is 4. The molecule has 0 heterocycles. The minimum absolute atomic E-state index is 0.0298. The van der Waals surface area contributed by atoms with Crippen LogP contribution < -0.4 is 5.32 Å². The van der Waals surface area contributed by atoms with Gasteiger partial charge in [-0.25, -0.2) is 0 Å². The Balaban J connectivity index is 3.20. The lowest BCUT2D eigenvalue weighted by atomic mass is 10.0. The van der Waals surface area contributed by atoms with Gasteiger partial charge in [0.1, 0.15) is 0 Å². The number of carbonyl (C=O) groups excluding carboxylic acids is 1. The van der Waals surface area contributed by atoms with Gasteiger partial charge in [0.25, 0.3) is 0 Å². The van der Waals surface area contributed by atoms with Crippen molar-refractivity contribution in [3.63, 3.8) is 0 Å². The van der Waals surface area contributed by atoms with Crippen molar-refractivity contribution >= 4 is 11.6 Å². The Hall–Kier alpha value is -1.60. The van der Waals surface area contributed by atoms with Gasteiger partial charge in [0.2, 0.25) is 5.91 Å². The summed E-state index contributed by atoms with van der Waals surface area (Å²) in [5.74, 6) is -0.545. The number of aliphatic hydroxyl groups excluding tert-OH is 2. The van der Waals surface area contributed by atoms with Crippen molar-refractivity contribution < 1.29 is 28.2 Å². The van der Waals surface area contributed by atoms with Crippen LogP contribution in [0.3, 0.4) is 0 Å². The zero-order valence-electron chi connectivity index (χ0n) is 10.2. The molecule has 1 aromatic rings. The van der Waals surface area contributed by atoms with Crippen LogP contribution in [-0.4, -0.2) is 22.7 Å². The average Bonchev–Trinajstić information content (AvgIpc) is 2.27. The van der Waals surface area contributed by atoms with Crippen molar-refractivity contribution in [2.75, 3.05) is 11.9 Å². The molecule has 0 aliphatic heterocycles. The number of nitrogens with one attached hydrogen (secondary N) is 1. The maximum absolute atomic E-state index is 12.6. The van der Waals surface area contributed by atoms with Crippen molar-refractivity contribution in [3.05, 3.63) is 29.3 Å². The number of carbonyl (C=O) groups is 1. The first-order valence-electron chi connectivity index (χ1n) is 5.53. The monoisotopic (exact) mass is 277 g/mol. The predicted molar refractivity (Wildman–Crippen MR) is 62.4 cm³/mol. The summed E-state index contributed by atoms with van der Waals surface area (Å²) < 4.78 is 37.7. The Morgan fingerprint density at radius 1 is 1.42 bits per heavy atom. The Labute approximate surface area is 107 Å². The number of hydrogen-bond donors (Lipinski definition) is 3. The zero-order valence-corrected chi connectivity index (χ0v) is 10.2. The lowest BCUT2D eigenvalue weighted by Crippen LogP contribution is -2.13. The molecule has 1 rings (SSSR count). The van der Waals surface area contributed by atoms with E-state index in [9.17, 15) is 23.1 Å². The van der Waals surface area contributed by atoms with Crippen molar-refractivity contribution in [2.45, 2.75) is 25.6 Å². The van der Waals surface area contributed by atoms with E-state index >= 15 is 0 Å². The standard InChI is InChI=1S/C12H14F3NO3/c1-7(18)16-10-6-8(12(13,14)15)2-3-9(10)11(19)4-5-17/h2-3,6,11,17,19H,4-5H2,1H3,(H,16,18). The third kappa shape index (κ3) is 4.22. The highest BCUT2D eigenvalue weighted by Gasteiger charge is 2.31. The minimum atomic E-state index is -4.53.